The molecule has 7 heteroatoms. The van der Waals surface area contributed by atoms with Gasteiger partial charge in [0.1, 0.15) is 11.6 Å². The topological polar surface area (TPSA) is 83.3 Å². The maximum absolute atomic E-state index is 6.07. The predicted octanol–water partition coefficient (Wildman–Crippen LogP) is 2.61. The van der Waals surface area contributed by atoms with Crippen LogP contribution in [-0.2, 0) is 0 Å². The molecule has 0 aliphatic carbocycles. The van der Waals surface area contributed by atoms with E-state index in [1.165, 1.54) is 26.2 Å². The summed E-state index contributed by atoms with van der Waals surface area (Å²) in [5.74, 6) is 1.28. The Bertz CT molecular complexity index is 903. The van der Waals surface area contributed by atoms with Crippen LogP contribution in [0.15, 0.2) is 36.5 Å². The highest BCUT2D eigenvalue weighted by atomic mass is 16.5. The van der Waals surface area contributed by atoms with Gasteiger partial charge in [-0.25, -0.2) is 4.98 Å². The summed E-state index contributed by atoms with van der Waals surface area (Å²) in [6, 6.07) is 9.86. The molecule has 0 atom stereocenters. The molecule has 0 saturated carbocycles. The Labute approximate surface area is 165 Å². The first kappa shape index (κ1) is 18.7. The summed E-state index contributed by atoms with van der Waals surface area (Å²) in [5, 5.41) is 7.97. The monoisotopic (exact) mass is 380 g/mol. The number of aromatic amines is 1. The first-order chi connectivity index (χ1) is 13.7. The molecule has 0 bridgehead atoms. The zero-order valence-electron chi connectivity index (χ0n) is 16.4. The molecule has 4 rings (SSSR count). The molecule has 3 heterocycles. The minimum Gasteiger partial charge on any atom is -0.493 e. The molecule has 148 valence electrons. The van der Waals surface area contributed by atoms with E-state index in [-0.39, 0.29) is 0 Å². The van der Waals surface area contributed by atoms with E-state index in [2.05, 4.69) is 32.0 Å². The third-order valence-electron chi connectivity index (χ3n) is 5.33. The number of ether oxygens (including phenoxy) is 1. The summed E-state index contributed by atoms with van der Waals surface area (Å²) < 4.78 is 6.07. The van der Waals surface area contributed by atoms with Crippen molar-refractivity contribution in [1.82, 2.24) is 25.0 Å². The highest BCUT2D eigenvalue weighted by molar-refractivity contribution is 5.89. The van der Waals surface area contributed by atoms with E-state index in [0.29, 0.717) is 12.4 Å². The van der Waals surface area contributed by atoms with Crippen molar-refractivity contribution in [3.63, 3.8) is 0 Å². The second kappa shape index (κ2) is 8.58. The van der Waals surface area contributed by atoms with Gasteiger partial charge < -0.3 is 20.3 Å². The van der Waals surface area contributed by atoms with Gasteiger partial charge in [-0.1, -0.05) is 6.07 Å². The van der Waals surface area contributed by atoms with Crippen molar-refractivity contribution < 1.29 is 4.74 Å². The van der Waals surface area contributed by atoms with Crippen molar-refractivity contribution in [1.29, 1.82) is 0 Å². The maximum atomic E-state index is 6.07. The van der Waals surface area contributed by atoms with Gasteiger partial charge in [-0.05, 0) is 44.6 Å². The van der Waals surface area contributed by atoms with Gasteiger partial charge in [0, 0.05) is 49.4 Å². The number of hydrogen-bond acceptors (Lipinski definition) is 6. The lowest BCUT2D eigenvalue weighted by atomic mass is 10.1. The van der Waals surface area contributed by atoms with Crippen molar-refractivity contribution in [3.8, 4) is 17.0 Å². The van der Waals surface area contributed by atoms with E-state index in [0.717, 1.165) is 47.3 Å². The molecule has 0 unspecified atom stereocenters. The fourth-order valence-corrected chi connectivity index (χ4v) is 3.61. The number of hydrogen-bond donors (Lipinski definition) is 2. The van der Waals surface area contributed by atoms with Crippen LogP contribution in [0.4, 0.5) is 5.82 Å². The maximum Gasteiger partial charge on any atom is 0.132 e. The molecule has 3 N–H and O–H groups in total. The average molecular weight is 380 g/mol. The minimum absolute atomic E-state index is 0.474. The number of rotatable bonds is 7. The van der Waals surface area contributed by atoms with Crippen molar-refractivity contribution in [2.24, 2.45) is 0 Å². The second-order valence-corrected chi connectivity index (χ2v) is 7.45. The third-order valence-corrected chi connectivity index (χ3v) is 5.33. The van der Waals surface area contributed by atoms with Crippen LogP contribution in [0.3, 0.4) is 0 Å². The number of nitrogens with zero attached hydrogens (tertiary/aromatic N) is 4. The van der Waals surface area contributed by atoms with E-state index in [1.807, 2.05) is 30.3 Å². The summed E-state index contributed by atoms with van der Waals surface area (Å²) in [4.78, 5) is 9.40. The molecule has 1 aromatic carbocycles. The van der Waals surface area contributed by atoms with Gasteiger partial charge in [0.25, 0.3) is 0 Å². The highest BCUT2D eigenvalue weighted by Crippen LogP contribution is 2.30. The molecular weight excluding hydrogens is 352 g/mol. The number of unbranched alkanes of at least 4 members (excludes halogenated alkanes) is 1. The van der Waals surface area contributed by atoms with Crippen LogP contribution in [0.1, 0.15) is 12.8 Å². The number of pyridine rings is 1. The number of anilines is 1. The third kappa shape index (κ3) is 4.43. The van der Waals surface area contributed by atoms with Crippen molar-refractivity contribution in [3.05, 3.63) is 36.5 Å². The molecule has 0 amide bonds. The first-order valence-electron chi connectivity index (χ1n) is 9.93. The molecule has 3 aromatic rings. The average Bonchev–Trinajstić information content (AvgIpc) is 3.23. The summed E-state index contributed by atoms with van der Waals surface area (Å²) in [5.41, 5.74) is 8.83. The molecule has 1 saturated heterocycles. The zero-order chi connectivity index (χ0) is 19.3. The summed E-state index contributed by atoms with van der Waals surface area (Å²) in [7, 11) is 2.19. The van der Waals surface area contributed by atoms with E-state index in [9.17, 15) is 0 Å². The molecule has 0 radical (unpaired) electrons. The molecule has 28 heavy (non-hydrogen) atoms. The van der Waals surface area contributed by atoms with Crippen LogP contribution < -0.4 is 10.5 Å². The Hall–Kier alpha value is -2.64. The minimum atomic E-state index is 0.474. The predicted molar refractivity (Wildman–Crippen MR) is 112 cm³/mol. The quantitative estimate of drug-likeness (QED) is 0.613. The smallest absolute Gasteiger partial charge is 0.132 e. The van der Waals surface area contributed by atoms with Crippen LogP contribution in [0.25, 0.3) is 22.2 Å². The Kier molecular flexibility index (Phi) is 5.73. The molecule has 2 aromatic heterocycles. The van der Waals surface area contributed by atoms with Crippen LogP contribution in [0, 0.1) is 0 Å². The van der Waals surface area contributed by atoms with Crippen LogP contribution in [0.5, 0.6) is 5.75 Å². The summed E-state index contributed by atoms with van der Waals surface area (Å²) in [6.45, 7) is 6.50. The number of piperazine rings is 1. The van der Waals surface area contributed by atoms with E-state index >= 15 is 0 Å². The molecular formula is C21H28N6O. The molecule has 1 aliphatic heterocycles. The Balaban J connectivity index is 1.35. The molecule has 1 aliphatic rings. The van der Waals surface area contributed by atoms with Crippen LogP contribution >= 0.6 is 0 Å². The van der Waals surface area contributed by atoms with Crippen molar-refractivity contribution in [2.45, 2.75) is 12.8 Å². The zero-order valence-corrected chi connectivity index (χ0v) is 16.4. The lowest BCUT2D eigenvalue weighted by Crippen LogP contribution is -2.44. The highest BCUT2D eigenvalue weighted by Gasteiger charge is 2.13. The number of nitrogens with two attached hydrogens (primary N) is 1. The second-order valence-electron chi connectivity index (χ2n) is 7.45. The summed E-state index contributed by atoms with van der Waals surface area (Å²) >= 11 is 0. The van der Waals surface area contributed by atoms with Gasteiger partial charge in [-0.15, -0.1) is 0 Å². The van der Waals surface area contributed by atoms with E-state index < -0.39 is 0 Å². The number of nitrogens with one attached hydrogen (secondary N) is 1. The van der Waals surface area contributed by atoms with Gasteiger partial charge in [0.05, 0.1) is 17.8 Å². The standard InChI is InChI=1S/C21H28N6O/c1-26-9-11-27(12-10-26)8-2-3-13-28-20-15-21(22)24-19-14-16(4-5-17(19)20)18-6-7-23-25-18/h4-7,14-15H,2-3,8-13H2,1H3,(H2,22,24)(H,23,25). The van der Waals surface area contributed by atoms with Crippen LogP contribution in [0.2, 0.25) is 0 Å². The largest absolute Gasteiger partial charge is 0.493 e. The summed E-state index contributed by atoms with van der Waals surface area (Å²) in [6.07, 6.45) is 3.91. The number of H-pyrrole nitrogens is 1. The number of nitrogen functional groups attached to an aromatic ring is 1. The van der Waals surface area contributed by atoms with E-state index in [4.69, 9.17) is 10.5 Å². The van der Waals surface area contributed by atoms with Gasteiger partial charge in [-0.2, -0.15) is 5.10 Å². The van der Waals surface area contributed by atoms with Gasteiger partial charge in [0.2, 0.25) is 0 Å². The Morgan fingerprint density at radius 3 is 2.75 bits per heavy atom. The molecule has 1 fully saturated rings. The fourth-order valence-electron chi connectivity index (χ4n) is 3.61. The number of aromatic nitrogens is 3. The fraction of sp³-hybridized carbons (Fsp3) is 0.429. The SMILES string of the molecule is CN1CCN(CCCCOc2cc(N)nc3cc(-c4ccn[nH]4)ccc23)CC1. The lowest BCUT2D eigenvalue weighted by Gasteiger charge is -2.32. The number of likely N-dealkylation sites (N-methyl/N-ethyl adjacent to an activating group) is 1. The number of benzene rings is 1. The van der Waals surface area contributed by atoms with Gasteiger partial charge in [-0.3, -0.25) is 5.10 Å². The Morgan fingerprint density at radius 1 is 1.11 bits per heavy atom. The van der Waals surface area contributed by atoms with Gasteiger partial charge >= 0.3 is 0 Å². The normalized spacial score (nSPS) is 15.9. The number of fused-ring (bicyclic) bond motifs is 1. The lowest BCUT2D eigenvalue weighted by molar-refractivity contribution is 0.150. The molecule has 7 nitrogen and oxygen atoms in total. The Morgan fingerprint density at radius 2 is 1.96 bits per heavy atom. The van der Waals surface area contributed by atoms with Crippen LogP contribution in [-0.4, -0.2) is 71.4 Å². The van der Waals surface area contributed by atoms with Crippen molar-refractivity contribution >= 4 is 16.7 Å². The molecule has 0 spiro atoms. The van der Waals surface area contributed by atoms with E-state index in [1.54, 1.807) is 6.20 Å². The first-order valence-corrected chi connectivity index (χ1v) is 9.93. The van der Waals surface area contributed by atoms with Crippen molar-refractivity contribution in [2.75, 3.05) is 52.1 Å². The van der Waals surface area contributed by atoms with Gasteiger partial charge in [0.15, 0.2) is 0 Å².